The molecule has 0 fully saturated rings. The summed E-state index contributed by atoms with van der Waals surface area (Å²) in [5, 5.41) is 2.44. The first kappa shape index (κ1) is 20.3. The fraction of sp³-hybridized carbons (Fsp3) is 0.222. The third-order valence-corrected chi connectivity index (χ3v) is 6.00. The fourth-order valence-corrected chi connectivity index (χ4v) is 4.15. The molecule has 0 aliphatic heterocycles. The molecule has 148 valence electrons. The third-order valence-electron chi connectivity index (χ3n) is 4.01. The number of nitrogens with zero attached hydrogens (tertiary/aromatic N) is 2. The number of nitrogens with one attached hydrogen (secondary N) is 1. The lowest BCUT2D eigenvalue weighted by Crippen LogP contribution is -2.22. The molecule has 0 spiro atoms. The van der Waals surface area contributed by atoms with Crippen LogP contribution < -0.4 is 5.32 Å². The van der Waals surface area contributed by atoms with Crippen LogP contribution in [-0.4, -0.2) is 35.9 Å². The summed E-state index contributed by atoms with van der Waals surface area (Å²) in [5.74, 6) is -2.84. The molecule has 0 saturated carbocycles. The zero-order valence-electron chi connectivity index (χ0n) is 14.8. The first-order valence-electron chi connectivity index (χ1n) is 8.18. The molecule has 3 aromatic rings. The van der Waals surface area contributed by atoms with Gasteiger partial charge in [-0.1, -0.05) is 24.3 Å². The zero-order valence-corrected chi connectivity index (χ0v) is 16.4. The Morgan fingerprint density at radius 3 is 2.57 bits per heavy atom. The Morgan fingerprint density at radius 1 is 1.18 bits per heavy atom. The van der Waals surface area contributed by atoms with Gasteiger partial charge in [0.25, 0.3) is 0 Å². The van der Waals surface area contributed by atoms with E-state index >= 15 is 0 Å². The highest BCUT2D eigenvalue weighted by Crippen LogP contribution is 2.26. The second-order valence-electron chi connectivity index (χ2n) is 5.89. The topological polar surface area (TPSA) is 81.1 Å². The van der Waals surface area contributed by atoms with Gasteiger partial charge in [0.05, 0.1) is 27.4 Å². The molecule has 1 aromatic heterocycles. The van der Waals surface area contributed by atoms with Crippen molar-refractivity contribution >= 4 is 44.2 Å². The molecule has 0 radical (unpaired) electrons. The standard InChI is InChI=1S/C18H17F2N3O3S2/c1-27-11-16-21-12-6-2-4-8-14(12)23(16)10-17(24)22-13-7-3-5-9-15(13)28(25,26)18(19)20/h2-9,18H,10-11H2,1H3,(H,22,24). The van der Waals surface area contributed by atoms with E-state index in [4.69, 9.17) is 0 Å². The second kappa shape index (κ2) is 8.27. The number of imidazole rings is 1. The number of hydrogen-bond donors (Lipinski definition) is 1. The first-order valence-corrected chi connectivity index (χ1v) is 11.1. The summed E-state index contributed by atoms with van der Waals surface area (Å²) in [4.78, 5) is 16.5. The van der Waals surface area contributed by atoms with Crippen molar-refractivity contribution < 1.29 is 22.0 Å². The molecular weight excluding hydrogens is 408 g/mol. The largest absolute Gasteiger partial charge is 0.341 e. The Morgan fingerprint density at radius 2 is 1.86 bits per heavy atom. The van der Waals surface area contributed by atoms with Gasteiger partial charge in [-0.3, -0.25) is 4.79 Å². The van der Waals surface area contributed by atoms with Crippen LogP contribution in [0.25, 0.3) is 11.0 Å². The number of halogens is 2. The van der Waals surface area contributed by atoms with E-state index < -0.39 is 26.4 Å². The quantitative estimate of drug-likeness (QED) is 0.626. The summed E-state index contributed by atoms with van der Waals surface area (Å²) in [5.41, 5.74) is 1.32. The number of carbonyl (C=O) groups excluding carboxylic acids is 1. The van der Waals surface area contributed by atoms with E-state index in [1.165, 1.54) is 18.2 Å². The lowest BCUT2D eigenvalue weighted by atomic mass is 10.3. The van der Waals surface area contributed by atoms with Gasteiger partial charge >= 0.3 is 5.76 Å². The monoisotopic (exact) mass is 425 g/mol. The maximum atomic E-state index is 12.9. The normalized spacial score (nSPS) is 11.9. The number of anilines is 1. The van der Waals surface area contributed by atoms with Crippen LogP contribution in [0.3, 0.4) is 0 Å². The minimum atomic E-state index is -4.84. The molecule has 1 heterocycles. The summed E-state index contributed by atoms with van der Waals surface area (Å²) in [6, 6.07) is 12.4. The molecule has 0 atom stereocenters. The number of sulfone groups is 1. The van der Waals surface area contributed by atoms with Crippen molar-refractivity contribution in [2.45, 2.75) is 23.0 Å². The van der Waals surface area contributed by atoms with Crippen molar-refractivity contribution in [1.82, 2.24) is 9.55 Å². The molecule has 0 unspecified atom stereocenters. The Balaban J connectivity index is 1.91. The summed E-state index contributed by atoms with van der Waals surface area (Å²) in [6.45, 7) is -0.126. The number of amides is 1. The van der Waals surface area contributed by atoms with E-state index in [9.17, 15) is 22.0 Å². The van der Waals surface area contributed by atoms with E-state index in [-0.39, 0.29) is 12.2 Å². The highest BCUT2D eigenvalue weighted by atomic mass is 32.2. The smallest absolute Gasteiger partial charge is 0.323 e. The number of benzene rings is 2. The summed E-state index contributed by atoms with van der Waals surface area (Å²) in [6.07, 6.45) is 1.91. The number of fused-ring (bicyclic) bond motifs is 1. The Bertz CT molecular complexity index is 1110. The van der Waals surface area contributed by atoms with Gasteiger partial charge in [0.1, 0.15) is 12.4 Å². The Kier molecular flexibility index (Phi) is 5.99. The van der Waals surface area contributed by atoms with Crippen molar-refractivity contribution in [2.75, 3.05) is 11.6 Å². The van der Waals surface area contributed by atoms with Crippen molar-refractivity contribution in [3.05, 3.63) is 54.4 Å². The SMILES string of the molecule is CSCc1nc2ccccc2n1CC(=O)Nc1ccccc1S(=O)(=O)C(F)F. The molecule has 6 nitrogen and oxygen atoms in total. The van der Waals surface area contributed by atoms with E-state index in [1.807, 2.05) is 30.5 Å². The van der Waals surface area contributed by atoms with Crippen molar-refractivity contribution in [1.29, 1.82) is 0 Å². The van der Waals surface area contributed by atoms with Gasteiger partial charge in [-0.25, -0.2) is 13.4 Å². The molecule has 0 saturated heterocycles. The number of rotatable bonds is 7. The van der Waals surface area contributed by atoms with Gasteiger partial charge < -0.3 is 9.88 Å². The lowest BCUT2D eigenvalue weighted by Gasteiger charge is -2.13. The molecule has 2 aromatic carbocycles. The highest BCUT2D eigenvalue weighted by Gasteiger charge is 2.29. The number of thioether (sulfide) groups is 1. The van der Waals surface area contributed by atoms with Gasteiger partial charge in [-0.05, 0) is 30.5 Å². The molecular formula is C18H17F2N3O3S2. The molecule has 10 heteroatoms. The number of aromatic nitrogens is 2. The number of carbonyl (C=O) groups is 1. The van der Waals surface area contributed by atoms with Crippen LogP contribution in [0.4, 0.5) is 14.5 Å². The molecule has 0 bridgehead atoms. The fourth-order valence-electron chi connectivity index (χ4n) is 2.79. The molecule has 0 aliphatic carbocycles. The van der Waals surface area contributed by atoms with Crippen molar-refractivity contribution in [3.8, 4) is 0 Å². The Hall–Kier alpha value is -2.46. The average molecular weight is 425 g/mol. The van der Waals surface area contributed by atoms with E-state index in [1.54, 1.807) is 16.3 Å². The average Bonchev–Trinajstić information content (AvgIpc) is 2.99. The first-order chi connectivity index (χ1) is 13.3. The maximum Gasteiger partial charge on any atom is 0.341 e. The number of hydrogen-bond acceptors (Lipinski definition) is 5. The molecule has 1 amide bonds. The minimum absolute atomic E-state index is 0.126. The minimum Gasteiger partial charge on any atom is -0.323 e. The van der Waals surface area contributed by atoms with Gasteiger partial charge in [0.15, 0.2) is 0 Å². The lowest BCUT2D eigenvalue weighted by molar-refractivity contribution is -0.116. The number of alkyl halides is 2. The van der Waals surface area contributed by atoms with Crippen molar-refractivity contribution in [2.24, 2.45) is 0 Å². The van der Waals surface area contributed by atoms with E-state index in [0.29, 0.717) is 11.6 Å². The van der Waals surface area contributed by atoms with Crippen LogP contribution in [-0.2, 0) is 26.9 Å². The van der Waals surface area contributed by atoms with Gasteiger partial charge in [0.2, 0.25) is 15.7 Å². The van der Waals surface area contributed by atoms with E-state index in [2.05, 4.69) is 10.3 Å². The summed E-state index contributed by atoms with van der Waals surface area (Å²) in [7, 11) is -4.84. The predicted molar refractivity (Wildman–Crippen MR) is 105 cm³/mol. The van der Waals surface area contributed by atoms with Crippen LogP contribution in [0, 0.1) is 0 Å². The van der Waals surface area contributed by atoms with Crippen LogP contribution in [0.5, 0.6) is 0 Å². The molecule has 3 rings (SSSR count). The van der Waals surface area contributed by atoms with Crippen LogP contribution in [0.15, 0.2) is 53.4 Å². The molecule has 1 N–H and O–H groups in total. The second-order valence-corrected chi connectivity index (χ2v) is 8.64. The van der Waals surface area contributed by atoms with Gasteiger partial charge in [-0.15, -0.1) is 0 Å². The maximum absolute atomic E-state index is 12.9. The van der Waals surface area contributed by atoms with Crippen LogP contribution in [0.2, 0.25) is 0 Å². The predicted octanol–water partition coefficient (Wildman–Crippen LogP) is 3.53. The van der Waals surface area contributed by atoms with Gasteiger partial charge in [0, 0.05) is 0 Å². The Labute approximate surface area is 164 Å². The van der Waals surface area contributed by atoms with Gasteiger partial charge in [-0.2, -0.15) is 20.5 Å². The number of para-hydroxylation sites is 3. The summed E-state index contributed by atoms with van der Waals surface area (Å²) >= 11 is 1.55. The zero-order chi connectivity index (χ0) is 20.3. The van der Waals surface area contributed by atoms with E-state index in [0.717, 1.165) is 17.1 Å². The van der Waals surface area contributed by atoms with Crippen molar-refractivity contribution in [3.63, 3.8) is 0 Å². The van der Waals surface area contributed by atoms with Crippen LogP contribution >= 0.6 is 11.8 Å². The molecule has 0 aliphatic rings. The third kappa shape index (κ3) is 4.02. The highest BCUT2D eigenvalue weighted by molar-refractivity contribution is 7.97. The molecule has 28 heavy (non-hydrogen) atoms. The van der Waals surface area contributed by atoms with Crippen LogP contribution in [0.1, 0.15) is 5.82 Å². The summed E-state index contributed by atoms with van der Waals surface area (Å²) < 4.78 is 51.3.